The summed E-state index contributed by atoms with van der Waals surface area (Å²) in [4.78, 5) is 14.4. The van der Waals surface area contributed by atoms with Crippen LogP contribution in [0, 0.1) is 0 Å². The zero-order valence-corrected chi connectivity index (χ0v) is 14.2. The van der Waals surface area contributed by atoms with Crippen LogP contribution in [0.2, 0.25) is 0 Å². The van der Waals surface area contributed by atoms with Crippen LogP contribution < -0.4 is 0 Å². The summed E-state index contributed by atoms with van der Waals surface area (Å²) in [6.45, 7) is 0. The normalized spacial score (nSPS) is 21.6. The predicted molar refractivity (Wildman–Crippen MR) is 88.2 cm³/mol. The number of halogens is 1. The predicted octanol–water partition coefficient (Wildman–Crippen LogP) is 3.31. The molecule has 0 bridgehead atoms. The van der Waals surface area contributed by atoms with E-state index < -0.39 is 15.8 Å². The Morgan fingerprint density at radius 2 is 2.05 bits per heavy atom. The molecule has 22 heavy (non-hydrogen) atoms. The molecule has 1 aliphatic rings. The minimum atomic E-state index is -2.94. The molecular weight excluding hydrogens is 370 g/mol. The number of sulfone groups is 1. The fourth-order valence-corrected chi connectivity index (χ4v) is 5.07. The van der Waals surface area contributed by atoms with Crippen LogP contribution in [0.4, 0.5) is 0 Å². The number of benzene rings is 1. The fraction of sp³-hybridized carbons (Fsp3) is 0.400. The Morgan fingerprint density at radius 3 is 2.77 bits per heavy atom. The van der Waals surface area contributed by atoms with Gasteiger partial charge in [-0.05, 0) is 42.9 Å². The van der Waals surface area contributed by atoms with Gasteiger partial charge in [0.2, 0.25) is 0 Å². The summed E-state index contributed by atoms with van der Waals surface area (Å²) in [6, 6.07) is 3.47. The van der Waals surface area contributed by atoms with Gasteiger partial charge in [-0.25, -0.2) is 13.2 Å². The molecule has 1 saturated heterocycles. The molecule has 1 atom stereocenters. The van der Waals surface area contributed by atoms with Gasteiger partial charge in [0, 0.05) is 16.1 Å². The lowest BCUT2D eigenvalue weighted by atomic mass is 9.91. The van der Waals surface area contributed by atoms with Crippen molar-refractivity contribution in [3.63, 3.8) is 0 Å². The van der Waals surface area contributed by atoms with Gasteiger partial charge in [-0.15, -0.1) is 0 Å². The summed E-state index contributed by atoms with van der Waals surface area (Å²) in [7, 11) is -2.94. The van der Waals surface area contributed by atoms with Gasteiger partial charge >= 0.3 is 5.97 Å². The van der Waals surface area contributed by atoms with E-state index in [1.165, 1.54) is 0 Å². The second-order valence-electron chi connectivity index (χ2n) is 5.70. The first kappa shape index (κ1) is 15.6. The fourth-order valence-electron chi connectivity index (χ4n) is 3.15. The van der Waals surface area contributed by atoms with Crippen LogP contribution in [-0.2, 0) is 9.84 Å². The first-order valence-electron chi connectivity index (χ1n) is 7.11. The molecule has 1 fully saturated rings. The maximum atomic E-state index is 11.8. The Bertz CT molecular complexity index is 841. The molecule has 5 nitrogen and oxygen atoms in total. The number of carbonyl (C=O) groups is 1. The number of aromatic amines is 1. The SMILES string of the molecule is O=C(O)c1cc(Br)cc2c(C3CCCS(=O)(=O)CC3)c[nH]c12. The van der Waals surface area contributed by atoms with E-state index in [-0.39, 0.29) is 23.0 Å². The van der Waals surface area contributed by atoms with Crippen LogP contribution >= 0.6 is 15.9 Å². The Kier molecular flexibility index (Phi) is 4.03. The van der Waals surface area contributed by atoms with Gasteiger partial charge < -0.3 is 10.1 Å². The van der Waals surface area contributed by atoms with Crippen molar-refractivity contribution in [1.29, 1.82) is 0 Å². The molecule has 0 spiro atoms. The molecule has 1 aromatic carbocycles. The van der Waals surface area contributed by atoms with Crippen LogP contribution in [0.15, 0.2) is 22.8 Å². The summed E-state index contributed by atoms with van der Waals surface area (Å²) in [6.07, 6.45) is 3.87. The molecule has 1 aromatic heterocycles. The van der Waals surface area contributed by atoms with Gasteiger partial charge in [0.1, 0.15) is 9.84 Å². The van der Waals surface area contributed by atoms with Crippen molar-refractivity contribution in [3.05, 3.63) is 33.9 Å². The number of hydrogen-bond acceptors (Lipinski definition) is 3. The molecule has 0 radical (unpaired) electrons. The molecule has 1 aliphatic heterocycles. The summed E-state index contributed by atoms with van der Waals surface area (Å²) in [5.74, 6) is -0.398. The second-order valence-corrected chi connectivity index (χ2v) is 8.92. The number of H-pyrrole nitrogens is 1. The Labute approximate surface area is 136 Å². The highest BCUT2D eigenvalue weighted by molar-refractivity contribution is 9.10. The van der Waals surface area contributed by atoms with Crippen molar-refractivity contribution >= 4 is 42.6 Å². The van der Waals surface area contributed by atoms with E-state index in [4.69, 9.17) is 0 Å². The molecule has 0 amide bonds. The van der Waals surface area contributed by atoms with E-state index in [0.717, 1.165) is 17.4 Å². The van der Waals surface area contributed by atoms with Gasteiger partial charge in [0.25, 0.3) is 0 Å². The van der Waals surface area contributed by atoms with Gasteiger partial charge in [-0.2, -0.15) is 0 Å². The zero-order valence-electron chi connectivity index (χ0n) is 11.8. The molecule has 0 aliphatic carbocycles. The van der Waals surface area contributed by atoms with Gasteiger partial charge in [0.15, 0.2) is 0 Å². The largest absolute Gasteiger partial charge is 0.478 e. The van der Waals surface area contributed by atoms with Crippen LogP contribution in [0.1, 0.15) is 41.1 Å². The number of hydrogen-bond donors (Lipinski definition) is 2. The molecule has 0 saturated carbocycles. The highest BCUT2D eigenvalue weighted by Crippen LogP contribution is 2.36. The lowest BCUT2D eigenvalue weighted by molar-refractivity contribution is 0.0698. The molecular formula is C15H16BrNO4S. The van der Waals surface area contributed by atoms with E-state index in [9.17, 15) is 18.3 Å². The highest BCUT2D eigenvalue weighted by atomic mass is 79.9. The number of aromatic carboxylic acids is 1. The summed E-state index contributed by atoms with van der Waals surface area (Å²) < 4.78 is 24.2. The maximum absolute atomic E-state index is 11.8. The summed E-state index contributed by atoms with van der Waals surface area (Å²) in [5.41, 5.74) is 1.82. The first-order chi connectivity index (χ1) is 10.4. The third-order valence-corrected chi connectivity index (χ3v) is 6.47. The number of carboxylic acids is 1. The van der Waals surface area contributed by atoms with Gasteiger partial charge in [0.05, 0.1) is 22.6 Å². The smallest absolute Gasteiger partial charge is 0.337 e. The number of fused-ring (bicyclic) bond motifs is 1. The van der Waals surface area contributed by atoms with E-state index in [2.05, 4.69) is 20.9 Å². The first-order valence-corrected chi connectivity index (χ1v) is 9.73. The lowest BCUT2D eigenvalue weighted by Gasteiger charge is -2.12. The van der Waals surface area contributed by atoms with E-state index in [1.807, 2.05) is 12.3 Å². The van der Waals surface area contributed by atoms with Crippen molar-refractivity contribution in [3.8, 4) is 0 Å². The van der Waals surface area contributed by atoms with E-state index in [1.54, 1.807) is 6.07 Å². The second kappa shape index (κ2) is 5.70. The molecule has 1 unspecified atom stereocenters. The Morgan fingerprint density at radius 1 is 1.27 bits per heavy atom. The van der Waals surface area contributed by atoms with Crippen molar-refractivity contribution in [2.75, 3.05) is 11.5 Å². The molecule has 7 heteroatoms. The van der Waals surface area contributed by atoms with Crippen LogP contribution in [-0.4, -0.2) is 36.0 Å². The van der Waals surface area contributed by atoms with Crippen molar-refractivity contribution in [1.82, 2.24) is 4.98 Å². The third-order valence-electron chi connectivity index (χ3n) is 4.24. The average molecular weight is 386 g/mol. The summed E-state index contributed by atoms with van der Waals surface area (Å²) in [5, 5.41) is 10.2. The summed E-state index contributed by atoms with van der Waals surface area (Å²) >= 11 is 3.35. The zero-order chi connectivity index (χ0) is 15.9. The Balaban J connectivity index is 2.07. The molecule has 2 heterocycles. The van der Waals surface area contributed by atoms with Crippen molar-refractivity contribution in [2.45, 2.75) is 25.2 Å². The third kappa shape index (κ3) is 2.92. The molecule has 118 valence electrons. The van der Waals surface area contributed by atoms with E-state index >= 15 is 0 Å². The highest BCUT2D eigenvalue weighted by Gasteiger charge is 2.25. The van der Waals surface area contributed by atoms with Gasteiger partial charge in [-0.3, -0.25) is 0 Å². The van der Waals surface area contributed by atoms with Crippen LogP contribution in [0.25, 0.3) is 10.9 Å². The minimum absolute atomic E-state index is 0.141. The van der Waals surface area contributed by atoms with Crippen LogP contribution in [0.5, 0.6) is 0 Å². The maximum Gasteiger partial charge on any atom is 0.337 e. The van der Waals surface area contributed by atoms with Crippen molar-refractivity contribution < 1.29 is 18.3 Å². The number of nitrogens with one attached hydrogen (secondary N) is 1. The standard InChI is InChI=1S/C15H16BrNO4S/c16-10-6-11-13(8-17-14(11)12(7-10)15(18)19)9-2-1-4-22(20,21)5-3-9/h6-9,17H,1-5H2,(H,18,19). The Hall–Kier alpha value is -1.34. The van der Waals surface area contributed by atoms with Gasteiger partial charge in [-0.1, -0.05) is 15.9 Å². The minimum Gasteiger partial charge on any atom is -0.478 e. The molecule has 2 aromatic rings. The quantitative estimate of drug-likeness (QED) is 0.829. The topological polar surface area (TPSA) is 87.2 Å². The van der Waals surface area contributed by atoms with Crippen LogP contribution in [0.3, 0.4) is 0 Å². The monoisotopic (exact) mass is 385 g/mol. The van der Waals surface area contributed by atoms with E-state index in [0.29, 0.717) is 22.8 Å². The number of aromatic nitrogens is 1. The van der Waals surface area contributed by atoms with Crippen molar-refractivity contribution in [2.24, 2.45) is 0 Å². The average Bonchev–Trinajstić information content (AvgIpc) is 2.76. The number of carboxylic acid groups (broad SMARTS) is 1. The lowest BCUT2D eigenvalue weighted by Crippen LogP contribution is -2.08. The molecule has 3 rings (SSSR count). The molecule has 2 N–H and O–H groups in total. The number of rotatable bonds is 2.